The molecule has 30 heavy (non-hydrogen) atoms. The van der Waals surface area contributed by atoms with Crippen molar-refractivity contribution in [3.8, 4) is 0 Å². The van der Waals surface area contributed by atoms with Crippen LogP contribution in [0.25, 0.3) is 0 Å². The summed E-state index contributed by atoms with van der Waals surface area (Å²) in [6.45, 7) is 11.6. The van der Waals surface area contributed by atoms with Crippen LogP contribution in [0.3, 0.4) is 0 Å². The van der Waals surface area contributed by atoms with Gasteiger partial charge in [-0.15, -0.1) is 0 Å². The molecule has 0 aliphatic rings. The van der Waals surface area contributed by atoms with E-state index in [0.29, 0.717) is 6.42 Å². The van der Waals surface area contributed by atoms with E-state index < -0.39 is 22.8 Å². The summed E-state index contributed by atoms with van der Waals surface area (Å²) < 4.78 is 0. The van der Waals surface area contributed by atoms with E-state index in [-0.39, 0.29) is 0 Å². The first-order chi connectivity index (χ1) is 13.9. The maximum Gasteiger partial charge on any atom is 0.309 e. The molecule has 0 bridgehead atoms. The summed E-state index contributed by atoms with van der Waals surface area (Å²) in [5.41, 5.74) is 4.29. The van der Waals surface area contributed by atoms with E-state index >= 15 is 0 Å². The molecule has 2 N–H and O–H groups in total. The predicted molar refractivity (Wildman–Crippen MR) is 123 cm³/mol. The highest BCUT2D eigenvalue weighted by Crippen LogP contribution is 2.27. The van der Waals surface area contributed by atoms with Crippen molar-refractivity contribution in [2.24, 2.45) is 10.8 Å². The van der Waals surface area contributed by atoms with Crippen LogP contribution in [0, 0.1) is 24.7 Å². The first kappa shape index (κ1) is 26.2. The fraction of sp³-hybridized carbons (Fsp3) is 0.692. The number of carboxylic acid groups (broad SMARTS) is 2. The summed E-state index contributed by atoms with van der Waals surface area (Å²) in [7, 11) is 0. The van der Waals surface area contributed by atoms with Crippen molar-refractivity contribution in [3.63, 3.8) is 0 Å². The standard InChI is InChI=1S/C26H42O4/c1-19-15-16-21(13-10-12-18-26(5,6)24(29)30)20(2)22(19)14-9-7-8-11-17-25(3,4)23(27)28/h15-16H,7-14,17-18H2,1-6H3,(H,27,28)(H,29,30). The summed E-state index contributed by atoms with van der Waals surface area (Å²) >= 11 is 0. The summed E-state index contributed by atoms with van der Waals surface area (Å²) in [4.78, 5) is 22.4. The number of aryl methyl sites for hydroxylation is 2. The van der Waals surface area contributed by atoms with Gasteiger partial charge in [0.05, 0.1) is 10.8 Å². The van der Waals surface area contributed by atoms with Crippen molar-refractivity contribution in [2.45, 2.75) is 106 Å². The molecule has 4 heteroatoms. The third-order valence-electron chi connectivity index (χ3n) is 6.58. The molecule has 0 spiro atoms. The van der Waals surface area contributed by atoms with E-state index in [4.69, 9.17) is 0 Å². The van der Waals surface area contributed by atoms with Crippen molar-refractivity contribution < 1.29 is 19.8 Å². The Bertz CT molecular complexity index is 716. The normalized spacial score (nSPS) is 12.2. The highest BCUT2D eigenvalue weighted by Gasteiger charge is 2.26. The SMILES string of the molecule is Cc1ccc(CCCCC(C)(C)C(=O)O)c(C)c1CCCCCCC(C)(C)C(=O)O. The predicted octanol–water partition coefficient (Wildman–Crippen LogP) is 6.73. The fourth-order valence-electron chi connectivity index (χ4n) is 3.91. The Hall–Kier alpha value is -1.84. The first-order valence-electron chi connectivity index (χ1n) is 11.4. The Morgan fingerprint density at radius 1 is 0.733 bits per heavy atom. The van der Waals surface area contributed by atoms with Gasteiger partial charge in [-0.1, -0.05) is 37.8 Å². The Kier molecular flexibility index (Phi) is 10.1. The van der Waals surface area contributed by atoms with Gasteiger partial charge < -0.3 is 10.2 Å². The van der Waals surface area contributed by atoms with Crippen LogP contribution in [-0.2, 0) is 22.4 Å². The molecular weight excluding hydrogens is 376 g/mol. The van der Waals surface area contributed by atoms with Crippen LogP contribution >= 0.6 is 0 Å². The summed E-state index contributed by atoms with van der Waals surface area (Å²) in [6.07, 6.45) is 9.74. The van der Waals surface area contributed by atoms with E-state index in [9.17, 15) is 19.8 Å². The molecule has 0 aliphatic heterocycles. The second kappa shape index (κ2) is 11.5. The molecule has 0 radical (unpaired) electrons. The number of unbranched alkanes of at least 4 members (excludes halogenated alkanes) is 4. The number of hydrogen-bond donors (Lipinski definition) is 2. The number of aliphatic carboxylic acids is 2. The molecule has 0 unspecified atom stereocenters. The molecule has 0 aliphatic carbocycles. The Morgan fingerprint density at radius 3 is 1.73 bits per heavy atom. The van der Waals surface area contributed by atoms with Gasteiger partial charge in [0.25, 0.3) is 0 Å². The molecule has 0 aromatic heterocycles. The lowest BCUT2D eigenvalue weighted by molar-refractivity contribution is -0.148. The van der Waals surface area contributed by atoms with Crippen LogP contribution in [0.1, 0.15) is 101 Å². The van der Waals surface area contributed by atoms with Gasteiger partial charge in [-0.3, -0.25) is 9.59 Å². The van der Waals surface area contributed by atoms with Gasteiger partial charge in [-0.05, 0) is 102 Å². The molecule has 1 aromatic rings. The second-order valence-electron chi connectivity index (χ2n) is 10.1. The zero-order valence-electron chi connectivity index (χ0n) is 19.9. The molecule has 1 aromatic carbocycles. The largest absolute Gasteiger partial charge is 0.481 e. The van der Waals surface area contributed by atoms with Crippen molar-refractivity contribution in [3.05, 3.63) is 34.4 Å². The van der Waals surface area contributed by atoms with Gasteiger partial charge in [0, 0.05) is 0 Å². The van der Waals surface area contributed by atoms with Gasteiger partial charge in [-0.2, -0.15) is 0 Å². The quantitative estimate of drug-likeness (QED) is 0.328. The summed E-state index contributed by atoms with van der Waals surface area (Å²) in [5.74, 6) is -1.43. The number of hydrogen-bond acceptors (Lipinski definition) is 2. The summed E-state index contributed by atoms with van der Waals surface area (Å²) in [5, 5.41) is 18.4. The average molecular weight is 419 g/mol. The fourth-order valence-corrected chi connectivity index (χ4v) is 3.91. The van der Waals surface area contributed by atoms with E-state index in [1.165, 1.54) is 22.3 Å². The van der Waals surface area contributed by atoms with E-state index in [2.05, 4.69) is 26.0 Å². The Morgan fingerprint density at radius 2 is 1.20 bits per heavy atom. The highest BCUT2D eigenvalue weighted by atomic mass is 16.4. The maximum atomic E-state index is 11.2. The van der Waals surface area contributed by atoms with Crippen molar-refractivity contribution in [2.75, 3.05) is 0 Å². The smallest absolute Gasteiger partial charge is 0.309 e. The van der Waals surface area contributed by atoms with E-state index in [1.54, 1.807) is 27.7 Å². The Balaban J connectivity index is 2.48. The van der Waals surface area contributed by atoms with Crippen LogP contribution in [-0.4, -0.2) is 22.2 Å². The molecular formula is C26H42O4. The van der Waals surface area contributed by atoms with Crippen LogP contribution in [0.5, 0.6) is 0 Å². The highest BCUT2D eigenvalue weighted by molar-refractivity contribution is 5.73. The number of benzene rings is 1. The van der Waals surface area contributed by atoms with Gasteiger partial charge in [-0.25, -0.2) is 0 Å². The van der Waals surface area contributed by atoms with Gasteiger partial charge in [0.15, 0.2) is 0 Å². The van der Waals surface area contributed by atoms with E-state index in [0.717, 1.165) is 57.8 Å². The zero-order valence-corrected chi connectivity index (χ0v) is 19.9. The second-order valence-corrected chi connectivity index (χ2v) is 10.1. The monoisotopic (exact) mass is 418 g/mol. The zero-order chi connectivity index (χ0) is 22.9. The van der Waals surface area contributed by atoms with Crippen LogP contribution < -0.4 is 0 Å². The molecule has 0 atom stereocenters. The molecule has 170 valence electrons. The maximum absolute atomic E-state index is 11.2. The molecule has 0 saturated carbocycles. The number of rotatable bonds is 14. The van der Waals surface area contributed by atoms with Gasteiger partial charge in [0.1, 0.15) is 0 Å². The first-order valence-corrected chi connectivity index (χ1v) is 11.4. The molecule has 0 saturated heterocycles. The van der Waals surface area contributed by atoms with Gasteiger partial charge in [0.2, 0.25) is 0 Å². The minimum atomic E-state index is -0.720. The molecule has 0 amide bonds. The van der Waals surface area contributed by atoms with Crippen molar-refractivity contribution >= 4 is 11.9 Å². The lowest BCUT2D eigenvalue weighted by Crippen LogP contribution is -2.23. The molecule has 0 heterocycles. The van der Waals surface area contributed by atoms with Crippen LogP contribution in [0.2, 0.25) is 0 Å². The lowest BCUT2D eigenvalue weighted by Gasteiger charge is -2.19. The molecule has 1 rings (SSSR count). The summed E-state index contributed by atoms with van der Waals surface area (Å²) in [6, 6.07) is 4.44. The minimum absolute atomic E-state index is 0.624. The van der Waals surface area contributed by atoms with Crippen molar-refractivity contribution in [1.82, 2.24) is 0 Å². The van der Waals surface area contributed by atoms with Crippen LogP contribution in [0.4, 0.5) is 0 Å². The van der Waals surface area contributed by atoms with Gasteiger partial charge >= 0.3 is 11.9 Å². The topological polar surface area (TPSA) is 74.6 Å². The van der Waals surface area contributed by atoms with Crippen molar-refractivity contribution in [1.29, 1.82) is 0 Å². The minimum Gasteiger partial charge on any atom is -0.481 e. The third-order valence-corrected chi connectivity index (χ3v) is 6.58. The van der Waals surface area contributed by atoms with E-state index in [1.807, 2.05) is 0 Å². The van der Waals surface area contributed by atoms with Crippen LogP contribution in [0.15, 0.2) is 12.1 Å². The number of carboxylic acids is 2. The third kappa shape index (κ3) is 8.12. The number of carbonyl (C=O) groups is 2. The lowest BCUT2D eigenvalue weighted by atomic mass is 9.86. The Labute approximate surface area is 183 Å². The average Bonchev–Trinajstić information content (AvgIpc) is 2.65. The molecule has 4 nitrogen and oxygen atoms in total. The molecule has 0 fully saturated rings.